The van der Waals surface area contributed by atoms with E-state index >= 15 is 0 Å². The monoisotopic (exact) mass is 889 g/mol. The van der Waals surface area contributed by atoms with Gasteiger partial charge in [-0.1, -0.05) is 229 Å². The molecule has 0 aromatic heterocycles. The Bertz CT molecular complexity index is 1830. The Morgan fingerprint density at radius 2 is 0.606 bits per heavy atom. The molecule has 354 valence electrons. The topological polar surface area (TPSA) is 66.0 Å². The minimum Gasteiger partial charge on any atom is -0.494 e. The fourth-order valence-electron chi connectivity index (χ4n) is 8.67. The lowest BCUT2D eigenvalue weighted by Gasteiger charge is -2.08. The van der Waals surface area contributed by atoms with E-state index in [1.165, 1.54) is 167 Å². The van der Waals surface area contributed by atoms with Crippen LogP contribution in [0.5, 0.6) is 11.5 Å². The highest BCUT2D eigenvalue weighted by Crippen LogP contribution is 2.27. The van der Waals surface area contributed by atoms with Gasteiger partial charge in [0.05, 0.1) is 36.5 Å². The lowest BCUT2D eigenvalue weighted by molar-refractivity contribution is 0.304. The van der Waals surface area contributed by atoms with Crippen molar-refractivity contribution in [2.24, 2.45) is 0 Å². The number of ether oxygens (including phenoxy) is 2. The van der Waals surface area contributed by atoms with E-state index in [-0.39, 0.29) is 0 Å². The number of nitrogens with zero attached hydrogens (tertiary/aromatic N) is 2. The molecule has 0 radical (unpaired) electrons. The molecule has 66 heavy (non-hydrogen) atoms. The predicted octanol–water partition coefficient (Wildman–Crippen LogP) is 19.2. The molecule has 0 aliphatic heterocycles. The van der Waals surface area contributed by atoms with Crippen LogP contribution in [0.15, 0.2) is 97.1 Å². The Labute approximate surface area is 402 Å². The molecule has 0 unspecified atom stereocenters. The third-order valence-corrected chi connectivity index (χ3v) is 12.9. The summed E-state index contributed by atoms with van der Waals surface area (Å²) in [6, 6.07) is 37.1. The number of unbranched alkanes of at least 4 members (excludes halogenated alkanes) is 26. The van der Waals surface area contributed by atoms with E-state index in [0.29, 0.717) is 11.1 Å². The first-order valence-corrected chi connectivity index (χ1v) is 26.5. The first-order chi connectivity index (χ1) is 32.6. The quantitative estimate of drug-likeness (QED) is 0.0257. The van der Waals surface area contributed by atoms with Gasteiger partial charge in [-0.15, -0.1) is 0 Å². The fourth-order valence-corrected chi connectivity index (χ4v) is 8.67. The van der Waals surface area contributed by atoms with Crippen molar-refractivity contribution >= 4 is 23.3 Å². The van der Waals surface area contributed by atoms with Gasteiger partial charge >= 0.3 is 0 Å². The van der Waals surface area contributed by atoms with E-state index in [1.54, 1.807) is 0 Å². The van der Waals surface area contributed by atoms with Gasteiger partial charge in [0.1, 0.15) is 11.5 Å². The number of benzene rings is 4. The maximum Gasteiger partial charge on any atom is 0.119 e. The minimum atomic E-state index is 0.619. The largest absolute Gasteiger partial charge is 0.494 e. The molecule has 0 bridgehead atoms. The zero-order chi connectivity index (χ0) is 46.5. The SMILES string of the molecule is CCCCCCCCCCCCCCCCOc1ccc(/C(C#N)=C/c2ccc(-c3ccc(/C=C(\C#N)c4ccc(OCCCCCCCCCCCCCCCC)cc4)cc3)cc2)cc1. The van der Waals surface area contributed by atoms with Gasteiger partial charge < -0.3 is 9.47 Å². The summed E-state index contributed by atoms with van der Waals surface area (Å²) in [5.41, 5.74) is 7.12. The third-order valence-electron chi connectivity index (χ3n) is 12.9. The minimum absolute atomic E-state index is 0.619. The van der Waals surface area contributed by atoms with Crippen LogP contribution in [-0.4, -0.2) is 13.2 Å². The van der Waals surface area contributed by atoms with Crippen LogP contribution in [-0.2, 0) is 0 Å². The van der Waals surface area contributed by atoms with E-state index in [1.807, 2.05) is 60.7 Å². The molecule has 4 rings (SSSR count). The third kappa shape index (κ3) is 22.9. The van der Waals surface area contributed by atoms with Crippen molar-refractivity contribution in [1.82, 2.24) is 0 Å². The van der Waals surface area contributed by atoms with E-state index < -0.39 is 0 Å². The number of allylic oxidation sites excluding steroid dienone is 2. The first kappa shape index (κ1) is 53.6. The van der Waals surface area contributed by atoms with E-state index in [4.69, 9.17) is 9.47 Å². The molecule has 0 saturated carbocycles. The predicted molar refractivity (Wildman–Crippen MR) is 283 cm³/mol. The zero-order valence-corrected chi connectivity index (χ0v) is 41.3. The van der Waals surface area contributed by atoms with Gasteiger partial charge in [0.15, 0.2) is 0 Å². The summed E-state index contributed by atoms with van der Waals surface area (Å²) >= 11 is 0. The van der Waals surface area contributed by atoms with E-state index in [0.717, 1.165) is 70.9 Å². The van der Waals surface area contributed by atoms with Gasteiger partial charge in [-0.2, -0.15) is 10.5 Å². The summed E-state index contributed by atoms with van der Waals surface area (Å²) in [6.45, 7) is 6.03. The van der Waals surface area contributed by atoms with Crippen LogP contribution in [0.25, 0.3) is 34.4 Å². The van der Waals surface area contributed by atoms with Gasteiger partial charge in [0, 0.05) is 0 Å². The number of rotatable bonds is 37. The maximum atomic E-state index is 10.0. The van der Waals surface area contributed by atoms with Crippen LogP contribution in [0, 0.1) is 22.7 Å². The Hall–Kier alpha value is -5.06. The normalized spacial score (nSPS) is 11.6. The summed E-state index contributed by atoms with van der Waals surface area (Å²) in [7, 11) is 0. The van der Waals surface area contributed by atoms with Crippen LogP contribution in [0.4, 0.5) is 0 Å². The molecule has 4 heteroatoms. The molecule has 4 nitrogen and oxygen atoms in total. The van der Waals surface area contributed by atoms with Gasteiger partial charge in [0.25, 0.3) is 0 Å². The van der Waals surface area contributed by atoms with E-state index in [9.17, 15) is 10.5 Å². The molecule has 4 aromatic rings. The molecule has 0 fully saturated rings. The molecule has 0 N–H and O–H groups in total. The van der Waals surface area contributed by atoms with Gasteiger partial charge in [-0.05, 0) is 107 Å². The Morgan fingerprint density at radius 3 is 0.864 bits per heavy atom. The molecule has 0 heterocycles. The summed E-state index contributed by atoms with van der Waals surface area (Å²) in [4.78, 5) is 0. The lowest BCUT2D eigenvalue weighted by atomic mass is 9.99. The Balaban J connectivity index is 1.11. The van der Waals surface area contributed by atoms with Crippen LogP contribution in [0.3, 0.4) is 0 Å². The summed E-state index contributed by atoms with van der Waals surface area (Å²) < 4.78 is 12.0. The molecule has 0 atom stereocenters. The molecule has 0 aliphatic carbocycles. The maximum absolute atomic E-state index is 10.0. The van der Waals surface area contributed by atoms with Gasteiger partial charge in [-0.25, -0.2) is 0 Å². The molecular formula is C62H84N2O2. The highest BCUT2D eigenvalue weighted by Gasteiger charge is 2.06. The van der Waals surface area contributed by atoms with Crippen molar-refractivity contribution < 1.29 is 9.47 Å². The van der Waals surface area contributed by atoms with Crippen LogP contribution in [0.1, 0.15) is 216 Å². The molecule has 0 saturated heterocycles. The Morgan fingerprint density at radius 1 is 0.348 bits per heavy atom. The second-order valence-electron chi connectivity index (χ2n) is 18.5. The first-order valence-electron chi connectivity index (χ1n) is 26.5. The van der Waals surface area contributed by atoms with Crippen LogP contribution in [0.2, 0.25) is 0 Å². The highest BCUT2D eigenvalue weighted by atomic mass is 16.5. The standard InChI is InChI=1S/C62H84N2O2/c1-3-5-7-9-11-13-15-17-19-21-23-25-27-29-47-65-61-43-39-57(40-44-61)59(51-63)49-53-31-35-55(36-32-53)56-37-33-54(34-38-56)50-60(52-64)58-41-45-62(46-42-58)66-48-30-28-26-24-22-20-18-16-14-12-10-8-6-4-2/h31-46,49-50H,3-30,47-48H2,1-2H3/b59-49+,60-50+. The highest BCUT2D eigenvalue weighted by molar-refractivity contribution is 5.91. The Kier molecular flexibility index (Phi) is 28.5. The van der Waals surface area contributed by atoms with Crippen molar-refractivity contribution in [2.45, 2.75) is 194 Å². The number of hydrogen-bond acceptors (Lipinski definition) is 4. The molecule has 0 amide bonds. The van der Waals surface area contributed by atoms with Crippen molar-refractivity contribution in [3.8, 4) is 34.8 Å². The fraction of sp³-hybridized carbons (Fsp3) is 0.516. The second kappa shape index (κ2) is 35.2. The van der Waals surface area contributed by atoms with Crippen molar-refractivity contribution in [1.29, 1.82) is 10.5 Å². The summed E-state index contributed by atoms with van der Waals surface area (Å²) in [6.07, 6.45) is 41.6. The average molecular weight is 889 g/mol. The van der Waals surface area contributed by atoms with Crippen LogP contribution >= 0.6 is 0 Å². The van der Waals surface area contributed by atoms with E-state index in [2.05, 4.69) is 74.5 Å². The second-order valence-corrected chi connectivity index (χ2v) is 18.5. The van der Waals surface area contributed by atoms with Gasteiger partial charge in [0.2, 0.25) is 0 Å². The number of hydrogen-bond donors (Lipinski definition) is 0. The smallest absolute Gasteiger partial charge is 0.119 e. The summed E-state index contributed by atoms with van der Waals surface area (Å²) in [5, 5.41) is 20.0. The molecule has 4 aromatic carbocycles. The average Bonchev–Trinajstić information content (AvgIpc) is 3.35. The van der Waals surface area contributed by atoms with Gasteiger partial charge in [-0.3, -0.25) is 0 Å². The van der Waals surface area contributed by atoms with Crippen molar-refractivity contribution in [3.63, 3.8) is 0 Å². The lowest BCUT2D eigenvalue weighted by Crippen LogP contribution is -1.97. The molecule has 0 aliphatic rings. The van der Waals surface area contributed by atoms with Crippen molar-refractivity contribution in [2.75, 3.05) is 13.2 Å². The zero-order valence-electron chi connectivity index (χ0n) is 41.3. The van der Waals surface area contributed by atoms with Crippen LogP contribution < -0.4 is 9.47 Å². The van der Waals surface area contributed by atoms with Crippen molar-refractivity contribution in [3.05, 3.63) is 119 Å². The summed E-state index contributed by atoms with van der Waals surface area (Å²) in [5.74, 6) is 1.70. The molecular weight excluding hydrogens is 805 g/mol. The number of nitriles is 2. The molecule has 0 spiro atoms.